The maximum Gasteiger partial charge on any atom is 0.422 e. The van der Waals surface area contributed by atoms with Crippen LogP contribution in [0.1, 0.15) is 27.2 Å². The summed E-state index contributed by atoms with van der Waals surface area (Å²) in [4.78, 5) is 55.8. The molecule has 8 aromatic rings. The number of aromatic nitrogens is 6. The molecule has 1 aliphatic heterocycles. The number of benzene rings is 3. The molecule has 9 rings (SSSR count). The quantitative estimate of drug-likeness (QED) is 0.0417. The fraction of sp³-hybridized carbons (Fsp3) is 0.305. The molecule has 432 valence electrons. The van der Waals surface area contributed by atoms with Crippen LogP contribution >= 0.6 is 11.3 Å². The monoisotopic (exact) mass is 1140 g/mol. The van der Waals surface area contributed by atoms with E-state index < -0.39 is 31.3 Å². The van der Waals surface area contributed by atoms with Crippen LogP contribution in [0.4, 0.5) is 63.7 Å². The van der Waals surface area contributed by atoms with E-state index in [4.69, 9.17) is 9.47 Å². The van der Waals surface area contributed by atoms with Crippen molar-refractivity contribution in [1.29, 1.82) is 0 Å². The number of rotatable bonds is 20. The molecular formula is C59H68F4N14O4S. The Morgan fingerprint density at radius 2 is 1.50 bits per heavy atom. The molecule has 2 amide bonds. The fourth-order valence-electron chi connectivity index (χ4n) is 8.22. The molecule has 0 bridgehead atoms. The molecule has 23 heteroatoms. The van der Waals surface area contributed by atoms with Crippen molar-refractivity contribution in [2.45, 2.75) is 33.4 Å². The minimum Gasteiger partial charge on any atom is -0.466 e. The Kier molecular flexibility index (Phi) is 20.9. The van der Waals surface area contributed by atoms with Gasteiger partial charge in [0.05, 0.1) is 16.9 Å². The Labute approximate surface area is 478 Å². The molecule has 0 atom stereocenters. The molecule has 0 unspecified atom stereocenters. The largest absolute Gasteiger partial charge is 0.466 e. The third kappa shape index (κ3) is 16.3. The van der Waals surface area contributed by atoms with Crippen molar-refractivity contribution >= 4 is 90.4 Å². The van der Waals surface area contributed by atoms with Gasteiger partial charge in [0, 0.05) is 116 Å². The maximum atomic E-state index is 13.2. The van der Waals surface area contributed by atoms with Gasteiger partial charge in [0.1, 0.15) is 22.8 Å². The lowest BCUT2D eigenvalue weighted by Gasteiger charge is -2.34. The number of amides is 2. The predicted molar refractivity (Wildman–Crippen MR) is 321 cm³/mol. The van der Waals surface area contributed by atoms with Gasteiger partial charge in [0.2, 0.25) is 23.7 Å². The molecule has 0 radical (unpaired) electrons. The number of likely N-dealkylation sites (N-methyl/N-ethyl adjacent to an activating group) is 3. The van der Waals surface area contributed by atoms with Gasteiger partial charge in [-0.15, -0.1) is 11.3 Å². The zero-order valence-electron chi connectivity index (χ0n) is 47.2. The van der Waals surface area contributed by atoms with Gasteiger partial charge in [-0.05, 0) is 93.6 Å². The molecule has 1 fully saturated rings. The Morgan fingerprint density at radius 1 is 0.768 bits per heavy atom. The number of thiophene rings is 1. The van der Waals surface area contributed by atoms with E-state index in [0.29, 0.717) is 54.0 Å². The Bertz CT molecular complexity index is 3490. The first-order chi connectivity index (χ1) is 39.3. The summed E-state index contributed by atoms with van der Waals surface area (Å²) < 4.78 is 66.5. The van der Waals surface area contributed by atoms with Crippen LogP contribution in [0.2, 0.25) is 0 Å². The van der Waals surface area contributed by atoms with E-state index in [2.05, 4.69) is 88.3 Å². The second-order valence-corrected chi connectivity index (χ2v) is 20.0. The highest BCUT2D eigenvalue weighted by Gasteiger charge is 2.30. The lowest BCUT2D eigenvalue weighted by molar-refractivity contribution is -0.153. The van der Waals surface area contributed by atoms with Crippen molar-refractivity contribution in [1.82, 2.24) is 39.3 Å². The van der Waals surface area contributed by atoms with Crippen molar-refractivity contribution in [2.24, 2.45) is 7.05 Å². The van der Waals surface area contributed by atoms with Crippen molar-refractivity contribution in [3.05, 3.63) is 133 Å². The number of nitrogens with one attached hydrogen (secondary N) is 4. The van der Waals surface area contributed by atoms with Crippen LogP contribution in [0, 0.1) is 0 Å². The average molecular weight is 1150 g/mol. The number of hydrogen-bond donors (Lipinski definition) is 4. The summed E-state index contributed by atoms with van der Waals surface area (Å²) >= 11 is 1.48. The summed E-state index contributed by atoms with van der Waals surface area (Å²) in [5, 5.41) is 14.6. The third-order valence-corrected chi connectivity index (χ3v) is 13.6. The van der Waals surface area contributed by atoms with Gasteiger partial charge in [-0.1, -0.05) is 58.2 Å². The average Bonchev–Trinajstić information content (AvgIpc) is 4.16. The van der Waals surface area contributed by atoms with E-state index in [1.807, 2.05) is 98.5 Å². The van der Waals surface area contributed by atoms with Crippen molar-refractivity contribution in [3.8, 4) is 28.8 Å². The fourth-order valence-corrected chi connectivity index (χ4v) is 8.98. The Hall–Kier alpha value is -8.67. The number of piperazine rings is 1. The second-order valence-electron chi connectivity index (χ2n) is 19.1. The number of ether oxygens (including phenoxy) is 2. The summed E-state index contributed by atoms with van der Waals surface area (Å²) in [5.74, 6) is 0.281. The van der Waals surface area contributed by atoms with Crippen molar-refractivity contribution < 1.29 is 36.6 Å². The molecule has 0 spiro atoms. The molecule has 5 aromatic heterocycles. The number of fused-ring (bicyclic) bond motifs is 2. The minimum absolute atomic E-state index is 0.0430. The normalized spacial score (nSPS) is 12.4. The number of para-hydroxylation sites is 1. The zero-order valence-corrected chi connectivity index (χ0v) is 48.0. The molecule has 82 heavy (non-hydrogen) atoms. The van der Waals surface area contributed by atoms with Crippen LogP contribution in [0.15, 0.2) is 133 Å². The molecule has 1 aliphatic rings. The number of carbonyl (C=O) groups excluding carboxylic acids is 2. The summed E-state index contributed by atoms with van der Waals surface area (Å²) in [6.07, 6.45) is -0.694. The topological polar surface area (TPSA) is 183 Å². The summed E-state index contributed by atoms with van der Waals surface area (Å²) in [6.45, 7) is 15.8. The first kappa shape index (κ1) is 61.0. The third-order valence-electron chi connectivity index (χ3n) is 12.7. The minimum atomic E-state index is -4.60. The van der Waals surface area contributed by atoms with Gasteiger partial charge in [-0.3, -0.25) is 9.59 Å². The van der Waals surface area contributed by atoms with E-state index in [0.717, 1.165) is 58.5 Å². The Balaban J connectivity index is 0.000000231. The number of halogens is 4. The second kappa shape index (κ2) is 28.2. The van der Waals surface area contributed by atoms with Gasteiger partial charge >= 0.3 is 6.18 Å². The van der Waals surface area contributed by atoms with Crippen LogP contribution in [0.5, 0.6) is 17.5 Å². The summed E-state index contributed by atoms with van der Waals surface area (Å²) in [6, 6.07) is 28.1. The van der Waals surface area contributed by atoms with Crippen molar-refractivity contribution in [2.75, 3.05) is 112 Å². The SMILES string of the molecule is C=C(CC)C(=O)Nc1cc(Nc2nccc(-c3cn(C)c4ccccc34)n2)c(OCC(F)(F)F)nc1N(C)CCN(C)C.C=C(CF)C(=O)Nc1cccc(Oc2nc(Nc3ccc(N4CCN(C)CC4)cc3)nc3ccsc23)c1.CC. The molecule has 0 aliphatic carbocycles. The van der Waals surface area contributed by atoms with Gasteiger partial charge in [0.15, 0.2) is 12.4 Å². The summed E-state index contributed by atoms with van der Waals surface area (Å²) in [7, 11) is 9.60. The van der Waals surface area contributed by atoms with Crippen LogP contribution in [0.3, 0.4) is 0 Å². The molecule has 0 saturated carbocycles. The maximum absolute atomic E-state index is 13.2. The van der Waals surface area contributed by atoms with Gasteiger partial charge in [-0.2, -0.15) is 23.1 Å². The number of anilines is 8. The molecule has 18 nitrogen and oxygen atoms in total. The number of alkyl halides is 4. The highest BCUT2D eigenvalue weighted by Crippen LogP contribution is 2.38. The van der Waals surface area contributed by atoms with Gasteiger partial charge in [-0.25, -0.2) is 19.3 Å². The van der Waals surface area contributed by atoms with E-state index in [-0.39, 0.29) is 34.6 Å². The number of aryl methyl sites for hydroxylation is 1. The van der Waals surface area contributed by atoms with E-state index in [1.54, 1.807) is 55.4 Å². The van der Waals surface area contributed by atoms with Crippen molar-refractivity contribution in [3.63, 3.8) is 0 Å². The first-order valence-corrected chi connectivity index (χ1v) is 27.4. The molecule has 1 saturated heterocycles. The lowest BCUT2D eigenvalue weighted by Crippen LogP contribution is -2.44. The first-order valence-electron chi connectivity index (χ1n) is 26.5. The smallest absolute Gasteiger partial charge is 0.422 e. The number of carbonyl (C=O) groups is 2. The lowest BCUT2D eigenvalue weighted by atomic mass is 10.1. The molecule has 3 aromatic carbocycles. The summed E-state index contributed by atoms with van der Waals surface area (Å²) in [5.41, 5.74) is 6.26. The highest BCUT2D eigenvalue weighted by atomic mass is 32.1. The number of pyridine rings is 1. The zero-order chi connectivity index (χ0) is 59.1. The van der Waals surface area contributed by atoms with Crippen LogP contribution in [-0.4, -0.2) is 138 Å². The van der Waals surface area contributed by atoms with Crippen LogP contribution < -0.4 is 40.5 Å². The van der Waals surface area contributed by atoms with Gasteiger partial charge < -0.3 is 54.9 Å². The molecule has 4 N–H and O–H groups in total. The van der Waals surface area contributed by atoms with Crippen LogP contribution in [0.25, 0.3) is 32.4 Å². The predicted octanol–water partition coefficient (Wildman–Crippen LogP) is 12.1. The van der Waals surface area contributed by atoms with E-state index >= 15 is 0 Å². The standard InChI is InChI=1S/C30H35F3N8O2.C27H27FN6O2S.C2H6/c1-7-19(2)27(42)35-23-16-24(28(43-18-30(31,32)33)38-26(23)40(5)15-14-39(3)4)37-29-34-13-12-22(36-29)21-17-41(6)25-11-9-8-10-20(21)25;1-18(17-28)25(35)29-20-4-3-5-22(16-20)36-26-24-23(10-15-37-24)31-27(32-26)30-19-6-8-21(9-7-19)34-13-11-33(2)12-14-34;1-2/h8-13,16-17H,2,7,14-15,18H2,1,3-6H3,(H,35,42)(H,34,36,37);3-10,15-16H,1,11-14,17H2,2H3,(H,29,35)(H,30,31,32);1-2H3. The van der Waals surface area contributed by atoms with E-state index in [1.165, 1.54) is 23.1 Å². The number of hydrogen-bond acceptors (Lipinski definition) is 16. The molecular weight excluding hydrogens is 1080 g/mol. The van der Waals surface area contributed by atoms with Gasteiger partial charge in [0.25, 0.3) is 11.8 Å². The number of nitrogens with zero attached hydrogens (tertiary/aromatic N) is 10. The molecule has 6 heterocycles. The highest BCUT2D eigenvalue weighted by molar-refractivity contribution is 7.17. The van der Waals surface area contributed by atoms with E-state index in [9.17, 15) is 27.2 Å². The van der Waals surface area contributed by atoms with Crippen LogP contribution in [-0.2, 0) is 16.6 Å². The Morgan fingerprint density at radius 3 is 2.21 bits per heavy atom.